The molecular formula is C25H20Br2N4O5. The minimum atomic E-state index is -0.670. The molecule has 1 aromatic heterocycles. The summed E-state index contributed by atoms with van der Waals surface area (Å²) in [5.41, 5.74) is 1.33. The van der Waals surface area contributed by atoms with Gasteiger partial charge in [-0.25, -0.2) is 4.79 Å². The molecule has 0 unspecified atom stereocenters. The van der Waals surface area contributed by atoms with Crippen molar-refractivity contribution in [3.63, 3.8) is 0 Å². The molecule has 2 N–H and O–H groups in total. The Bertz CT molecular complexity index is 1610. The van der Waals surface area contributed by atoms with Crippen molar-refractivity contribution in [1.29, 1.82) is 0 Å². The number of ether oxygens (including phenoxy) is 2. The molecule has 0 aliphatic rings. The number of aromatic nitrogens is 2. The number of aryl methyl sites for hydroxylation is 1. The van der Waals surface area contributed by atoms with Crippen molar-refractivity contribution in [2.24, 2.45) is 5.10 Å². The van der Waals surface area contributed by atoms with Crippen LogP contribution in [0.3, 0.4) is 0 Å². The Morgan fingerprint density at radius 1 is 1.11 bits per heavy atom. The zero-order valence-corrected chi connectivity index (χ0v) is 22.3. The van der Waals surface area contributed by atoms with E-state index < -0.39 is 11.2 Å². The first-order chi connectivity index (χ1) is 17.3. The minimum Gasteiger partial charge on any atom is -0.493 e. The Kier molecular flexibility index (Phi) is 7.70. The lowest BCUT2D eigenvalue weighted by Gasteiger charge is -2.15. The van der Waals surface area contributed by atoms with Crippen LogP contribution in [0.25, 0.3) is 10.9 Å². The Hall–Kier alpha value is -3.70. The second kappa shape index (κ2) is 10.9. The van der Waals surface area contributed by atoms with Gasteiger partial charge >= 0.3 is 5.69 Å². The van der Waals surface area contributed by atoms with Crippen LogP contribution < -0.4 is 26.0 Å². The van der Waals surface area contributed by atoms with Crippen molar-refractivity contribution in [3.8, 4) is 11.5 Å². The van der Waals surface area contributed by atoms with E-state index in [1.54, 1.807) is 36.4 Å². The molecule has 0 saturated heterocycles. The second-order valence-corrected chi connectivity index (χ2v) is 9.20. The van der Waals surface area contributed by atoms with Crippen LogP contribution in [0.1, 0.15) is 11.1 Å². The number of anilines is 1. The van der Waals surface area contributed by atoms with Crippen molar-refractivity contribution in [2.45, 2.75) is 6.92 Å². The predicted molar refractivity (Wildman–Crippen MR) is 146 cm³/mol. The summed E-state index contributed by atoms with van der Waals surface area (Å²) in [6.45, 7) is 1.64. The molecule has 36 heavy (non-hydrogen) atoms. The number of carbonyl (C=O) groups excluding carboxylic acids is 1. The smallest absolute Gasteiger partial charge is 0.349 e. The zero-order chi connectivity index (χ0) is 25.8. The van der Waals surface area contributed by atoms with E-state index in [1.165, 1.54) is 13.3 Å². The number of rotatable bonds is 7. The number of amides is 1. The summed E-state index contributed by atoms with van der Waals surface area (Å²) in [5.74, 6) is 0.270. The van der Waals surface area contributed by atoms with Crippen LogP contribution in [0.2, 0.25) is 0 Å². The van der Waals surface area contributed by atoms with Gasteiger partial charge in [-0.05, 0) is 68.6 Å². The van der Waals surface area contributed by atoms with Gasteiger partial charge in [-0.1, -0.05) is 30.3 Å². The zero-order valence-electron chi connectivity index (χ0n) is 19.2. The number of fused-ring (bicyclic) bond motifs is 1. The fourth-order valence-electron chi connectivity index (χ4n) is 3.40. The maximum Gasteiger partial charge on any atom is 0.349 e. The Morgan fingerprint density at radius 3 is 2.58 bits per heavy atom. The SMILES string of the molecule is COc1cc(C=Nn2c(=O)[nH]c3ccccc3c2=O)c(Br)c(Br)c1OCC(=O)Nc1ccccc1C. The average molecular weight is 616 g/mol. The number of methoxy groups -OCH3 is 1. The van der Waals surface area contributed by atoms with Crippen LogP contribution >= 0.6 is 31.9 Å². The number of H-pyrrole nitrogens is 1. The van der Waals surface area contributed by atoms with Gasteiger partial charge in [0.1, 0.15) is 0 Å². The van der Waals surface area contributed by atoms with E-state index in [2.05, 4.69) is 47.3 Å². The highest BCUT2D eigenvalue weighted by Gasteiger charge is 2.18. The van der Waals surface area contributed by atoms with E-state index in [0.29, 0.717) is 42.6 Å². The third-order valence-electron chi connectivity index (χ3n) is 5.24. The Balaban J connectivity index is 1.59. The van der Waals surface area contributed by atoms with Gasteiger partial charge in [0.05, 0.1) is 28.7 Å². The lowest BCUT2D eigenvalue weighted by molar-refractivity contribution is -0.118. The maximum absolute atomic E-state index is 12.7. The standard InChI is InChI=1S/C25H20Br2N4O5/c1-14-7-3-5-9-17(14)29-20(32)13-36-23-19(35-2)11-15(21(26)22(23)27)12-28-31-24(33)16-8-4-6-10-18(16)30-25(31)34/h3-12H,13H2,1-2H3,(H,29,32)(H,30,34). The third kappa shape index (κ3) is 5.26. The molecule has 184 valence electrons. The molecule has 0 atom stereocenters. The molecule has 0 aliphatic heterocycles. The monoisotopic (exact) mass is 614 g/mol. The number of para-hydroxylation sites is 2. The fourth-order valence-corrected chi connectivity index (χ4v) is 4.34. The van der Waals surface area contributed by atoms with E-state index in [4.69, 9.17) is 9.47 Å². The molecule has 0 spiro atoms. The first-order valence-electron chi connectivity index (χ1n) is 10.6. The molecule has 4 rings (SSSR count). The van der Waals surface area contributed by atoms with E-state index in [0.717, 1.165) is 10.2 Å². The van der Waals surface area contributed by atoms with Crippen LogP contribution in [-0.2, 0) is 4.79 Å². The highest BCUT2D eigenvalue weighted by molar-refractivity contribution is 9.13. The van der Waals surface area contributed by atoms with Gasteiger partial charge < -0.3 is 19.8 Å². The average Bonchev–Trinajstić information content (AvgIpc) is 2.87. The number of hydrogen-bond donors (Lipinski definition) is 2. The number of halogens is 2. The number of benzene rings is 3. The molecule has 1 amide bonds. The van der Waals surface area contributed by atoms with Crippen molar-refractivity contribution in [2.75, 3.05) is 19.0 Å². The van der Waals surface area contributed by atoms with Crippen molar-refractivity contribution in [3.05, 3.63) is 95.5 Å². The maximum atomic E-state index is 12.7. The Morgan fingerprint density at radius 2 is 1.83 bits per heavy atom. The van der Waals surface area contributed by atoms with Gasteiger partial charge in [0.15, 0.2) is 18.1 Å². The van der Waals surface area contributed by atoms with Gasteiger partial charge in [0.2, 0.25) is 0 Å². The highest BCUT2D eigenvalue weighted by Crippen LogP contribution is 2.42. The van der Waals surface area contributed by atoms with Crippen molar-refractivity contribution < 1.29 is 14.3 Å². The van der Waals surface area contributed by atoms with Crippen molar-refractivity contribution >= 4 is 60.6 Å². The summed E-state index contributed by atoms with van der Waals surface area (Å²) in [4.78, 5) is 40.2. The molecule has 0 aliphatic carbocycles. The summed E-state index contributed by atoms with van der Waals surface area (Å²) in [7, 11) is 1.45. The van der Waals surface area contributed by atoms with Crippen LogP contribution in [0.4, 0.5) is 5.69 Å². The molecule has 1 heterocycles. The summed E-state index contributed by atoms with van der Waals surface area (Å²) in [6.07, 6.45) is 1.34. The summed E-state index contributed by atoms with van der Waals surface area (Å²) in [5, 5.41) is 7.23. The summed E-state index contributed by atoms with van der Waals surface area (Å²) in [6, 6.07) is 15.7. The Labute approximate surface area is 222 Å². The van der Waals surface area contributed by atoms with Crippen LogP contribution in [0, 0.1) is 6.92 Å². The van der Waals surface area contributed by atoms with E-state index in [1.807, 2.05) is 25.1 Å². The normalized spacial score (nSPS) is 11.1. The lowest BCUT2D eigenvalue weighted by Crippen LogP contribution is -2.32. The summed E-state index contributed by atoms with van der Waals surface area (Å²) >= 11 is 6.92. The van der Waals surface area contributed by atoms with Gasteiger partial charge in [0.25, 0.3) is 11.5 Å². The predicted octanol–water partition coefficient (Wildman–Crippen LogP) is 4.43. The van der Waals surface area contributed by atoms with Gasteiger partial charge in [0, 0.05) is 15.7 Å². The third-order valence-corrected chi connectivity index (χ3v) is 7.38. The molecule has 4 aromatic rings. The topological polar surface area (TPSA) is 115 Å². The molecule has 0 bridgehead atoms. The molecule has 11 heteroatoms. The quantitative estimate of drug-likeness (QED) is 0.299. The van der Waals surface area contributed by atoms with E-state index in [-0.39, 0.29) is 12.5 Å². The van der Waals surface area contributed by atoms with Crippen molar-refractivity contribution in [1.82, 2.24) is 9.66 Å². The lowest BCUT2D eigenvalue weighted by atomic mass is 10.2. The van der Waals surface area contributed by atoms with E-state index in [9.17, 15) is 14.4 Å². The van der Waals surface area contributed by atoms with Crippen LogP contribution in [0.5, 0.6) is 11.5 Å². The molecule has 3 aromatic carbocycles. The van der Waals surface area contributed by atoms with E-state index >= 15 is 0 Å². The van der Waals surface area contributed by atoms with Crippen LogP contribution in [0.15, 0.2) is 78.2 Å². The molecule has 0 radical (unpaired) electrons. The largest absolute Gasteiger partial charge is 0.493 e. The first kappa shape index (κ1) is 25.4. The number of hydrogen-bond acceptors (Lipinski definition) is 6. The molecule has 9 nitrogen and oxygen atoms in total. The minimum absolute atomic E-state index is 0.259. The van der Waals surface area contributed by atoms with Gasteiger partial charge in [-0.2, -0.15) is 5.10 Å². The summed E-state index contributed by atoms with van der Waals surface area (Å²) < 4.78 is 12.9. The van der Waals surface area contributed by atoms with Gasteiger partial charge in [-0.3, -0.25) is 9.59 Å². The molecule has 0 saturated carbocycles. The number of aromatic amines is 1. The number of carbonyl (C=O) groups is 1. The molecule has 0 fully saturated rings. The second-order valence-electron chi connectivity index (χ2n) is 7.61. The first-order valence-corrected chi connectivity index (χ1v) is 12.2. The highest BCUT2D eigenvalue weighted by atomic mass is 79.9. The van der Waals surface area contributed by atoms with Gasteiger partial charge in [-0.15, -0.1) is 4.68 Å². The van der Waals surface area contributed by atoms with Crippen LogP contribution in [-0.4, -0.2) is 35.5 Å². The molecular weight excluding hydrogens is 596 g/mol. The fraction of sp³-hybridized carbons (Fsp3) is 0.120. The number of nitrogens with zero attached hydrogens (tertiary/aromatic N) is 2. The number of nitrogens with one attached hydrogen (secondary N) is 2.